The highest BCUT2D eigenvalue weighted by Gasteiger charge is 2.44. The molecule has 1 aliphatic rings. The van der Waals surface area contributed by atoms with Crippen molar-refractivity contribution in [2.45, 2.75) is 70.7 Å². The zero-order valence-corrected chi connectivity index (χ0v) is 32.9. The number of aliphatic hydroxyl groups excluding tert-OH is 1. The number of aliphatic hydroxyl groups is 1. The van der Waals surface area contributed by atoms with Crippen LogP contribution in [0.4, 0.5) is 4.79 Å². The standard InChI is InChI=1S/C39H49N7O6S2/c1-27(2)23-45(54(51,52)31-16-14-29(15-17-31)22-41-50)25-34(47)33(21-28-11-7-6-8-12-28)43-36(48)35(39(3,4)5)46-20-19-44(38(46)49)24-30-26-53-37(42-30)32-13-9-10-18-40-32/h6-18,22,26-27,33-35,47,50H,19-21,23-25H2,1-5H3,(H,43,48)/t33-,34-,35+/m0/s1. The van der Waals surface area contributed by atoms with Crippen LogP contribution in [0.25, 0.3) is 10.7 Å². The topological polar surface area (TPSA) is 169 Å². The monoisotopic (exact) mass is 775 g/mol. The van der Waals surface area contributed by atoms with Crippen LogP contribution in [-0.4, -0.2) is 105 Å². The number of benzene rings is 2. The minimum atomic E-state index is -4.08. The molecule has 4 aromatic rings. The van der Waals surface area contributed by atoms with Crippen molar-refractivity contribution in [3.8, 4) is 10.7 Å². The predicted octanol–water partition coefficient (Wildman–Crippen LogP) is 5.10. The van der Waals surface area contributed by atoms with E-state index in [0.717, 1.165) is 22.0 Å². The molecule has 1 aliphatic heterocycles. The summed E-state index contributed by atoms with van der Waals surface area (Å²) in [6, 6.07) is 18.8. The third kappa shape index (κ3) is 10.1. The van der Waals surface area contributed by atoms with Crippen LogP contribution in [0, 0.1) is 11.3 Å². The zero-order valence-electron chi connectivity index (χ0n) is 31.2. The normalized spacial score (nSPS) is 15.7. The van der Waals surface area contributed by atoms with Crippen LogP contribution in [0.3, 0.4) is 0 Å². The summed E-state index contributed by atoms with van der Waals surface area (Å²) in [6.45, 7) is 10.3. The van der Waals surface area contributed by atoms with Crippen molar-refractivity contribution in [2.75, 3.05) is 26.2 Å². The number of carbonyl (C=O) groups excluding carboxylic acids is 2. The maximum atomic E-state index is 14.4. The van der Waals surface area contributed by atoms with Gasteiger partial charge in [0.15, 0.2) is 0 Å². The number of hydrogen-bond donors (Lipinski definition) is 3. The van der Waals surface area contributed by atoms with Gasteiger partial charge in [-0.2, -0.15) is 4.31 Å². The average molecular weight is 776 g/mol. The Bertz CT molecular complexity index is 1980. The minimum absolute atomic E-state index is 0.0181. The molecule has 54 heavy (non-hydrogen) atoms. The average Bonchev–Trinajstić information content (AvgIpc) is 3.74. The van der Waals surface area contributed by atoms with E-state index >= 15 is 0 Å². The predicted molar refractivity (Wildman–Crippen MR) is 209 cm³/mol. The van der Waals surface area contributed by atoms with Gasteiger partial charge in [-0.3, -0.25) is 9.78 Å². The first-order valence-corrected chi connectivity index (χ1v) is 20.2. The first-order chi connectivity index (χ1) is 25.7. The van der Waals surface area contributed by atoms with Crippen molar-refractivity contribution in [1.29, 1.82) is 0 Å². The second-order valence-corrected chi connectivity index (χ2v) is 17.7. The van der Waals surface area contributed by atoms with Crippen LogP contribution in [0.2, 0.25) is 0 Å². The van der Waals surface area contributed by atoms with Crippen LogP contribution < -0.4 is 5.32 Å². The number of urea groups is 1. The maximum Gasteiger partial charge on any atom is 0.321 e. The van der Waals surface area contributed by atoms with Crippen LogP contribution in [0.5, 0.6) is 0 Å². The summed E-state index contributed by atoms with van der Waals surface area (Å²) >= 11 is 1.46. The Kier molecular flexibility index (Phi) is 13.2. The molecule has 0 bridgehead atoms. The van der Waals surface area contributed by atoms with Gasteiger partial charge in [0.2, 0.25) is 15.9 Å². The highest BCUT2D eigenvalue weighted by molar-refractivity contribution is 7.89. The van der Waals surface area contributed by atoms with Gasteiger partial charge in [-0.15, -0.1) is 11.3 Å². The van der Waals surface area contributed by atoms with Crippen molar-refractivity contribution >= 4 is 39.5 Å². The first-order valence-electron chi connectivity index (χ1n) is 17.9. The number of hydrogen-bond acceptors (Lipinski definition) is 10. The molecular formula is C39H49N7O6S2. The summed E-state index contributed by atoms with van der Waals surface area (Å²) in [5.74, 6) is -0.515. The molecule has 15 heteroatoms. The highest BCUT2D eigenvalue weighted by atomic mass is 32.2. The van der Waals surface area contributed by atoms with E-state index in [4.69, 9.17) is 10.2 Å². The highest BCUT2D eigenvalue weighted by Crippen LogP contribution is 2.30. The summed E-state index contributed by atoms with van der Waals surface area (Å²) in [6.07, 6.45) is 1.81. The maximum absolute atomic E-state index is 14.4. The van der Waals surface area contributed by atoms with Crippen molar-refractivity contribution < 1.29 is 28.3 Å². The lowest BCUT2D eigenvalue weighted by Crippen LogP contribution is -2.59. The van der Waals surface area contributed by atoms with Crippen molar-refractivity contribution in [3.63, 3.8) is 0 Å². The Hall–Kier alpha value is -4.70. The molecule has 1 saturated heterocycles. The Labute approximate surface area is 321 Å². The van der Waals surface area contributed by atoms with Gasteiger partial charge in [-0.25, -0.2) is 18.2 Å². The van der Waals surface area contributed by atoms with E-state index < -0.39 is 39.5 Å². The molecule has 3 atom stereocenters. The SMILES string of the molecule is CC(C)CN(C[C@H](O)[C@H](Cc1ccccc1)NC(=O)[C@@H](N1CCN(Cc2csc(-c3ccccn3)n2)C1=O)C(C)(C)C)S(=O)(=O)c1ccc(C=NO)cc1. The number of thiazole rings is 1. The van der Waals surface area contributed by atoms with Crippen LogP contribution in [-0.2, 0) is 27.8 Å². The molecule has 0 spiro atoms. The Morgan fingerprint density at radius 3 is 2.37 bits per heavy atom. The van der Waals surface area contributed by atoms with E-state index in [2.05, 4.69) is 15.5 Å². The van der Waals surface area contributed by atoms with Crippen LogP contribution >= 0.6 is 11.3 Å². The molecule has 0 saturated carbocycles. The Morgan fingerprint density at radius 2 is 1.74 bits per heavy atom. The van der Waals surface area contributed by atoms with E-state index in [9.17, 15) is 23.1 Å². The third-order valence-corrected chi connectivity index (χ3v) is 11.8. The lowest BCUT2D eigenvalue weighted by Gasteiger charge is -2.38. The van der Waals surface area contributed by atoms with Gasteiger partial charge in [-0.1, -0.05) is 88.3 Å². The smallest absolute Gasteiger partial charge is 0.321 e. The number of sulfonamides is 1. The van der Waals surface area contributed by atoms with Crippen LogP contribution in [0.15, 0.2) is 94.4 Å². The number of amides is 3. The van der Waals surface area contributed by atoms with Crippen molar-refractivity contribution in [1.82, 2.24) is 29.4 Å². The summed E-state index contributed by atoms with van der Waals surface area (Å²) in [5.41, 5.74) is 2.15. The fraction of sp³-hybridized carbons (Fsp3) is 0.410. The lowest BCUT2D eigenvalue weighted by molar-refractivity contribution is -0.130. The quantitative estimate of drug-likeness (QED) is 0.0803. The summed E-state index contributed by atoms with van der Waals surface area (Å²) in [5, 5.41) is 29.4. The number of oxime groups is 1. The van der Waals surface area contributed by atoms with Gasteiger partial charge in [0.25, 0.3) is 0 Å². The second-order valence-electron chi connectivity index (χ2n) is 14.9. The number of carbonyl (C=O) groups is 2. The van der Waals surface area contributed by atoms with Crippen LogP contribution in [0.1, 0.15) is 51.4 Å². The number of aromatic nitrogens is 2. The number of nitrogens with one attached hydrogen (secondary N) is 1. The van der Waals surface area contributed by atoms with Gasteiger partial charge in [0, 0.05) is 37.8 Å². The Morgan fingerprint density at radius 1 is 1.04 bits per heavy atom. The van der Waals surface area contributed by atoms with E-state index in [0.29, 0.717) is 18.7 Å². The molecule has 288 valence electrons. The fourth-order valence-electron chi connectivity index (χ4n) is 6.54. The summed E-state index contributed by atoms with van der Waals surface area (Å²) in [7, 11) is -4.08. The molecule has 2 aromatic heterocycles. The number of rotatable bonds is 16. The summed E-state index contributed by atoms with van der Waals surface area (Å²) in [4.78, 5) is 40.7. The zero-order chi connectivity index (χ0) is 39.0. The van der Waals surface area contributed by atoms with E-state index in [1.165, 1.54) is 46.1 Å². The lowest BCUT2D eigenvalue weighted by atomic mass is 9.84. The molecular weight excluding hydrogens is 727 g/mol. The van der Waals surface area contributed by atoms with Gasteiger partial charge >= 0.3 is 6.03 Å². The van der Waals surface area contributed by atoms with Crippen molar-refractivity contribution in [2.24, 2.45) is 16.5 Å². The van der Waals surface area contributed by atoms with E-state index in [1.807, 2.05) is 88.5 Å². The molecule has 0 aliphatic carbocycles. The summed E-state index contributed by atoms with van der Waals surface area (Å²) < 4.78 is 29.1. The molecule has 0 radical (unpaired) electrons. The molecule has 3 N–H and O–H groups in total. The van der Waals surface area contributed by atoms with Gasteiger partial charge in [0.1, 0.15) is 11.0 Å². The third-order valence-electron chi connectivity index (χ3n) is 9.07. The van der Waals surface area contributed by atoms with Gasteiger partial charge in [0.05, 0.1) is 41.2 Å². The van der Waals surface area contributed by atoms with Gasteiger partial charge in [-0.05, 0) is 53.1 Å². The second kappa shape index (κ2) is 17.6. The van der Waals surface area contributed by atoms with Gasteiger partial charge < -0.3 is 25.4 Å². The number of pyridine rings is 1. The molecule has 0 unspecified atom stereocenters. The molecule has 2 aromatic carbocycles. The molecule has 3 heterocycles. The molecule has 13 nitrogen and oxygen atoms in total. The molecule has 1 fully saturated rings. The minimum Gasteiger partial charge on any atom is -0.411 e. The first kappa shape index (κ1) is 40.5. The van der Waals surface area contributed by atoms with E-state index in [1.54, 1.807) is 16.0 Å². The largest absolute Gasteiger partial charge is 0.411 e. The van der Waals surface area contributed by atoms with Crippen molar-refractivity contribution in [3.05, 3.63) is 101 Å². The molecule has 5 rings (SSSR count). The molecule has 3 amide bonds. The Balaban J connectivity index is 1.36. The fourth-order valence-corrected chi connectivity index (χ4v) is 8.95. The van der Waals surface area contributed by atoms with E-state index in [-0.39, 0.29) is 42.9 Å². The number of nitrogens with zero attached hydrogens (tertiary/aromatic N) is 6.